The highest BCUT2D eigenvalue weighted by atomic mass is 16.5. The van der Waals surface area contributed by atoms with Crippen molar-refractivity contribution in [1.82, 2.24) is 0 Å². The molecule has 2 fully saturated rings. The van der Waals surface area contributed by atoms with E-state index in [1.807, 2.05) is 0 Å². The van der Waals surface area contributed by atoms with Crippen LogP contribution in [0.4, 0.5) is 0 Å². The second-order valence-corrected chi connectivity index (χ2v) is 12.2. The van der Waals surface area contributed by atoms with Crippen LogP contribution in [-0.4, -0.2) is 6.61 Å². The Balaban J connectivity index is 1.25. The third-order valence-electron chi connectivity index (χ3n) is 9.43. The molecule has 0 radical (unpaired) electrons. The van der Waals surface area contributed by atoms with Gasteiger partial charge >= 0.3 is 0 Å². The second-order valence-electron chi connectivity index (χ2n) is 12.2. The topological polar surface area (TPSA) is 9.23 Å². The summed E-state index contributed by atoms with van der Waals surface area (Å²) in [6.07, 6.45) is 29.9. The van der Waals surface area contributed by atoms with Crippen LogP contribution in [0.15, 0.2) is 24.3 Å². The molecule has 0 spiro atoms. The first-order valence-corrected chi connectivity index (χ1v) is 16.0. The fraction of sp³-hybridized carbons (Fsp3) is 0.824. The molecule has 1 aromatic carbocycles. The van der Waals surface area contributed by atoms with Crippen molar-refractivity contribution in [2.45, 2.75) is 149 Å². The number of hydrogen-bond donors (Lipinski definition) is 0. The van der Waals surface area contributed by atoms with Crippen molar-refractivity contribution in [3.8, 4) is 5.75 Å². The maximum atomic E-state index is 6.13. The first kappa shape index (κ1) is 28.6. The first-order valence-electron chi connectivity index (χ1n) is 16.0. The second kappa shape index (κ2) is 17.5. The average molecular weight is 483 g/mol. The molecule has 2 atom stereocenters. The van der Waals surface area contributed by atoms with Gasteiger partial charge in [-0.2, -0.15) is 0 Å². The third kappa shape index (κ3) is 11.3. The monoisotopic (exact) mass is 482 g/mol. The van der Waals surface area contributed by atoms with E-state index in [-0.39, 0.29) is 0 Å². The molecule has 200 valence electrons. The molecule has 0 aromatic heterocycles. The molecule has 1 aromatic rings. The first-order chi connectivity index (χ1) is 17.3. The Kier molecular flexibility index (Phi) is 14.3. The van der Waals surface area contributed by atoms with Gasteiger partial charge < -0.3 is 4.74 Å². The van der Waals surface area contributed by atoms with Gasteiger partial charge in [0.05, 0.1) is 6.61 Å². The van der Waals surface area contributed by atoms with Crippen LogP contribution in [0.5, 0.6) is 5.75 Å². The van der Waals surface area contributed by atoms with Crippen molar-refractivity contribution in [1.29, 1.82) is 0 Å². The normalized spacial score (nSPS) is 25.0. The van der Waals surface area contributed by atoms with E-state index in [0.717, 1.165) is 36.0 Å². The van der Waals surface area contributed by atoms with Crippen LogP contribution < -0.4 is 4.74 Å². The Labute approximate surface area is 219 Å². The number of ether oxygens (including phenoxy) is 1. The molecule has 2 saturated carbocycles. The average Bonchev–Trinajstić information content (AvgIpc) is 2.90. The van der Waals surface area contributed by atoms with E-state index in [9.17, 15) is 0 Å². The van der Waals surface area contributed by atoms with Crippen LogP contribution in [0.2, 0.25) is 0 Å². The molecule has 0 N–H and O–H groups in total. The SMILES string of the molecule is CCCCCCCC1CCC(CCc2ccc(OCCCC3CCCCC3CCCC)cc2)CC1. The summed E-state index contributed by atoms with van der Waals surface area (Å²) in [6, 6.07) is 9.07. The Bertz CT molecular complexity index is 626. The van der Waals surface area contributed by atoms with Crippen LogP contribution >= 0.6 is 0 Å². The van der Waals surface area contributed by atoms with Crippen LogP contribution in [0, 0.1) is 23.7 Å². The van der Waals surface area contributed by atoms with Gasteiger partial charge in [-0.05, 0) is 67.1 Å². The zero-order chi connectivity index (χ0) is 24.6. The molecule has 35 heavy (non-hydrogen) atoms. The largest absolute Gasteiger partial charge is 0.494 e. The minimum atomic E-state index is 0.887. The summed E-state index contributed by atoms with van der Waals surface area (Å²) in [5, 5.41) is 0. The molecule has 2 aliphatic carbocycles. The summed E-state index contributed by atoms with van der Waals surface area (Å²) in [5.41, 5.74) is 1.50. The molecular weight excluding hydrogens is 424 g/mol. The number of aryl methyl sites for hydroxylation is 1. The quantitative estimate of drug-likeness (QED) is 0.201. The Morgan fingerprint density at radius 1 is 0.600 bits per heavy atom. The van der Waals surface area contributed by atoms with Crippen LogP contribution in [0.3, 0.4) is 0 Å². The van der Waals surface area contributed by atoms with Gasteiger partial charge in [0.15, 0.2) is 0 Å². The van der Waals surface area contributed by atoms with E-state index < -0.39 is 0 Å². The fourth-order valence-corrected chi connectivity index (χ4v) is 7.01. The van der Waals surface area contributed by atoms with Crippen molar-refractivity contribution >= 4 is 0 Å². The van der Waals surface area contributed by atoms with E-state index >= 15 is 0 Å². The highest BCUT2D eigenvalue weighted by Crippen LogP contribution is 2.37. The van der Waals surface area contributed by atoms with Gasteiger partial charge in [0.1, 0.15) is 5.75 Å². The zero-order valence-corrected chi connectivity index (χ0v) is 23.6. The van der Waals surface area contributed by atoms with Gasteiger partial charge in [-0.3, -0.25) is 0 Å². The lowest BCUT2D eigenvalue weighted by atomic mass is 9.75. The summed E-state index contributed by atoms with van der Waals surface area (Å²) in [4.78, 5) is 0. The predicted molar refractivity (Wildman–Crippen MR) is 153 cm³/mol. The lowest BCUT2D eigenvalue weighted by Crippen LogP contribution is -2.20. The van der Waals surface area contributed by atoms with Gasteiger partial charge in [-0.15, -0.1) is 0 Å². The summed E-state index contributed by atoms with van der Waals surface area (Å²) in [7, 11) is 0. The zero-order valence-electron chi connectivity index (χ0n) is 23.6. The van der Waals surface area contributed by atoms with Gasteiger partial charge in [-0.1, -0.05) is 135 Å². The summed E-state index contributed by atoms with van der Waals surface area (Å²) >= 11 is 0. The summed E-state index contributed by atoms with van der Waals surface area (Å²) < 4.78 is 6.13. The van der Waals surface area contributed by atoms with E-state index in [0.29, 0.717) is 0 Å². The van der Waals surface area contributed by atoms with Crippen molar-refractivity contribution < 1.29 is 4.74 Å². The van der Waals surface area contributed by atoms with Crippen molar-refractivity contribution in [3.05, 3.63) is 29.8 Å². The number of unbranched alkanes of at least 4 members (excludes halogenated alkanes) is 5. The Morgan fingerprint density at radius 3 is 1.86 bits per heavy atom. The molecule has 0 bridgehead atoms. The van der Waals surface area contributed by atoms with Crippen LogP contribution in [0.25, 0.3) is 0 Å². The molecule has 0 aliphatic heterocycles. The maximum Gasteiger partial charge on any atom is 0.119 e. The van der Waals surface area contributed by atoms with Crippen molar-refractivity contribution in [3.63, 3.8) is 0 Å². The number of rotatable bonds is 17. The highest BCUT2D eigenvalue weighted by molar-refractivity contribution is 5.27. The highest BCUT2D eigenvalue weighted by Gasteiger charge is 2.24. The smallest absolute Gasteiger partial charge is 0.119 e. The molecular formula is C34H58O. The maximum absolute atomic E-state index is 6.13. The minimum Gasteiger partial charge on any atom is -0.494 e. The van der Waals surface area contributed by atoms with E-state index in [4.69, 9.17) is 4.74 Å². The molecule has 2 aliphatic rings. The van der Waals surface area contributed by atoms with Crippen molar-refractivity contribution in [2.24, 2.45) is 23.7 Å². The minimum absolute atomic E-state index is 0.887. The molecule has 1 nitrogen and oxygen atoms in total. The van der Waals surface area contributed by atoms with Crippen molar-refractivity contribution in [2.75, 3.05) is 6.61 Å². The molecule has 3 rings (SSSR count). The van der Waals surface area contributed by atoms with Crippen LogP contribution in [0.1, 0.15) is 148 Å². The molecule has 0 amide bonds. The standard InChI is InChI=1S/C34H58O/c1-3-5-7-8-9-13-29-18-20-30(21-19-29)22-23-31-24-26-34(27-25-31)35-28-12-17-33-16-11-10-15-32(33)14-6-4-2/h24-27,29-30,32-33H,3-23,28H2,1-2H3. The number of benzene rings is 1. The third-order valence-corrected chi connectivity index (χ3v) is 9.43. The lowest BCUT2D eigenvalue weighted by molar-refractivity contribution is 0.191. The number of hydrogen-bond acceptors (Lipinski definition) is 1. The Morgan fingerprint density at radius 2 is 1.20 bits per heavy atom. The Hall–Kier alpha value is -0.980. The van der Waals surface area contributed by atoms with Gasteiger partial charge in [-0.25, -0.2) is 0 Å². The molecule has 2 unspecified atom stereocenters. The molecule has 0 heterocycles. The van der Waals surface area contributed by atoms with Gasteiger partial charge in [0.25, 0.3) is 0 Å². The lowest BCUT2D eigenvalue weighted by Gasteiger charge is -2.31. The van der Waals surface area contributed by atoms with E-state index in [1.165, 1.54) is 140 Å². The summed E-state index contributed by atoms with van der Waals surface area (Å²) in [5.74, 6) is 5.02. The van der Waals surface area contributed by atoms with E-state index in [1.54, 1.807) is 0 Å². The molecule has 0 saturated heterocycles. The fourth-order valence-electron chi connectivity index (χ4n) is 7.01. The molecule has 1 heteroatoms. The summed E-state index contributed by atoms with van der Waals surface area (Å²) in [6.45, 7) is 5.53. The van der Waals surface area contributed by atoms with Crippen LogP contribution in [-0.2, 0) is 6.42 Å². The van der Waals surface area contributed by atoms with Gasteiger partial charge in [0.2, 0.25) is 0 Å². The van der Waals surface area contributed by atoms with Gasteiger partial charge in [0, 0.05) is 0 Å². The predicted octanol–water partition coefficient (Wildman–Crippen LogP) is 10.9. The van der Waals surface area contributed by atoms with E-state index in [2.05, 4.69) is 38.1 Å².